The highest BCUT2D eigenvalue weighted by Gasteiger charge is 2.40. The van der Waals surface area contributed by atoms with Crippen LogP contribution in [0.2, 0.25) is 0 Å². The van der Waals surface area contributed by atoms with Crippen LogP contribution in [0.15, 0.2) is 60.7 Å². The molecule has 2 aliphatic carbocycles. The third-order valence-electron chi connectivity index (χ3n) is 6.31. The quantitative estimate of drug-likeness (QED) is 0.379. The monoisotopic (exact) mass is 436 g/mol. The maximum atomic E-state index is 12.5. The first-order valence-corrected chi connectivity index (χ1v) is 10.6. The number of hydrogen-bond acceptors (Lipinski definition) is 3. The Morgan fingerprint density at radius 1 is 1.06 bits per heavy atom. The van der Waals surface area contributed by atoms with Gasteiger partial charge in [0.25, 0.3) is 0 Å². The van der Waals surface area contributed by atoms with Gasteiger partial charge in [-0.05, 0) is 66.1 Å². The van der Waals surface area contributed by atoms with Gasteiger partial charge in [-0.3, -0.25) is 0 Å². The molecule has 0 amide bonds. The lowest BCUT2D eigenvalue weighted by Crippen LogP contribution is -2.38. The molecule has 0 bridgehead atoms. The zero-order valence-corrected chi connectivity index (χ0v) is 17.5. The lowest BCUT2D eigenvalue weighted by Gasteiger charge is -2.28. The summed E-state index contributed by atoms with van der Waals surface area (Å²) in [6, 6.07) is 17.9. The predicted molar refractivity (Wildman–Crippen MR) is 115 cm³/mol. The summed E-state index contributed by atoms with van der Waals surface area (Å²) in [5, 5.41) is 10.1. The second-order valence-corrected chi connectivity index (χ2v) is 8.50. The number of hydrogen-bond donors (Lipinski definition) is 1. The second-order valence-electron chi connectivity index (χ2n) is 8.50. The maximum Gasteiger partial charge on any atom is 0.387 e. The normalized spacial score (nSPS) is 16.2. The molecule has 32 heavy (non-hydrogen) atoms. The molecule has 0 spiro atoms. The van der Waals surface area contributed by atoms with Gasteiger partial charge in [0.1, 0.15) is 11.5 Å². The Morgan fingerprint density at radius 3 is 2.44 bits per heavy atom. The molecular formula is C26H22F2O4. The fourth-order valence-corrected chi connectivity index (χ4v) is 4.36. The van der Waals surface area contributed by atoms with E-state index in [0.717, 1.165) is 35.1 Å². The summed E-state index contributed by atoms with van der Waals surface area (Å²) >= 11 is 0. The van der Waals surface area contributed by atoms with Crippen molar-refractivity contribution in [3.05, 3.63) is 82.9 Å². The van der Waals surface area contributed by atoms with Crippen LogP contribution in [0, 0.1) is 0 Å². The summed E-state index contributed by atoms with van der Waals surface area (Å²) in [6.07, 6.45) is 2.89. The zero-order chi connectivity index (χ0) is 22.5. The number of benzene rings is 3. The summed E-state index contributed by atoms with van der Waals surface area (Å²) < 4.78 is 35.6. The average molecular weight is 436 g/mol. The Labute approximate surface area is 184 Å². The highest BCUT2D eigenvalue weighted by molar-refractivity contribution is 5.82. The molecule has 1 N–H and O–H groups in total. The first-order valence-electron chi connectivity index (χ1n) is 10.6. The van der Waals surface area contributed by atoms with E-state index in [4.69, 9.17) is 4.74 Å². The largest absolute Gasteiger partial charge is 0.478 e. The van der Waals surface area contributed by atoms with Gasteiger partial charge in [0.2, 0.25) is 5.60 Å². The van der Waals surface area contributed by atoms with Crippen molar-refractivity contribution in [3.63, 3.8) is 0 Å². The summed E-state index contributed by atoms with van der Waals surface area (Å²) in [7, 11) is 0. The van der Waals surface area contributed by atoms with Gasteiger partial charge >= 0.3 is 12.6 Å². The SMILES string of the molecule is CC(Oc1cc(C2CC2)cc2c1Cc1ccccc1-2)(C(=O)O)c1ccc(OC(F)F)cc1. The zero-order valence-electron chi connectivity index (χ0n) is 17.5. The Hall–Kier alpha value is -3.41. The Balaban J connectivity index is 1.55. The summed E-state index contributed by atoms with van der Waals surface area (Å²) in [5.41, 5.74) is 4.20. The topological polar surface area (TPSA) is 55.8 Å². The number of rotatable bonds is 7. The van der Waals surface area contributed by atoms with Crippen LogP contribution in [0.1, 0.15) is 47.9 Å². The van der Waals surface area contributed by atoms with Crippen LogP contribution in [0.25, 0.3) is 11.1 Å². The molecule has 3 aromatic carbocycles. The molecule has 1 unspecified atom stereocenters. The minimum atomic E-state index is -2.95. The minimum Gasteiger partial charge on any atom is -0.478 e. The first kappa shape index (κ1) is 20.5. The molecule has 1 saturated carbocycles. The van der Waals surface area contributed by atoms with Crippen molar-refractivity contribution < 1.29 is 28.2 Å². The molecule has 1 fully saturated rings. The number of ether oxygens (including phenoxy) is 2. The van der Waals surface area contributed by atoms with Crippen LogP contribution in [0.5, 0.6) is 11.5 Å². The molecule has 0 radical (unpaired) electrons. The molecule has 6 heteroatoms. The first-order chi connectivity index (χ1) is 15.3. The molecule has 1 atom stereocenters. The van der Waals surface area contributed by atoms with Crippen LogP contribution >= 0.6 is 0 Å². The lowest BCUT2D eigenvalue weighted by molar-refractivity contribution is -0.154. The molecule has 5 rings (SSSR count). The van der Waals surface area contributed by atoms with E-state index in [0.29, 0.717) is 23.7 Å². The van der Waals surface area contributed by atoms with Crippen molar-refractivity contribution in [3.8, 4) is 22.6 Å². The average Bonchev–Trinajstić information content (AvgIpc) is 3.54. The van der Waals surface area contributed by atoms with Crippen LogP contribution < -0.4 is 9.47 Å². The molecule has 0 aromatic heterocycles. The molecule has 0 aliphatic heterocycles. The fourth-order valence-electron chi connectivity index (χ4n) is 4.36. The number of carbonyl (C=O) groups is 1. The van der Waals surface area contributed by atoms with E-state index in [9.17, 15) is 18.7 Å². The standard InChI is InChI=1S/C26H22F2O4/c1-26(24(29)30,18-8-10-19(11-9-18)31-25(27)28)32-23-14-17(15-6-7-15)13-21-20-5-3-2-4-16(20)12-22(21)23/h2-5,8-11,13-15,25H,6-7,12H2,1H3,(H,29,30). The van der Waals surface area contributed by atoms with Gasteiger partial charge in [-0.2, -0.15) is 8.78 Å². The van der Waals surface area contributed by atoms with Gasteiger partial charge in [-0.25, -0.2) is 4.79 Å². The summed E-state index contributed by atoms with van der Waals surface area (Å²) in [5.74, 6) is -0.180. The molecule has 2 aliphatic rings. The van der Waals surface area contributed by atoms with Crippen LogP contribution in [0.4, 0.5) is 8.78 Å². The third-order valence-corrected chi connectivity index (χ3v) is 6.31. The van der Waals surface area contributed by atoms with Gasteiger partial charge < -0.3 is 14.6 Å². The molecule has 4 nitrogen and oxygen atoms in total. The van der Waals surface area contributed by atoms with Gasteiger partial charge in [0.05, 0.1) is 0 Å². The molecule has 3 aromatic rings. The van der Waals surface area contributed by atoms with Crippen molar-refractivity contribution in [2.24, 2.45) is 0 Å². The Bertz CT molecular complexity index is 1180. The van der Waals surface area contributed by atoms with Crippen molar-refractivity contribution >= 4 is 5.97 Å². The van der Waals surface area contributed by atoms with E-state index in [1.807, 2.05) is 18.2 Å². The second kappa shape index (κ2) is 7.62. The fraction of sp³-hybridized carbons (Fsp3) is 0.269. The lowest BCUT2D eigenvalue weighted by atomic mass is 9.94. The van der Waals surface area contributed by atoms with Gasteiger partial charge in [0.15, 0.2) is 0 Å². The maximum absolute atomic E-state index is 12.5. The van der Waals surface area contributed by atoms with E-state index >= 15 is 0 Å². The van der Waals surface area contributed by atoms with Gasteiger partial charge in [-0.1, -0.05) is 42.5 Å². The van der Waals surface area contributed by atoms with Crippen LogP contribution in [0.3, 0.4) is 0 Å². The Morgan fingerprint density at radius 2 is 1.78 bits per heavy atom. The highest BCUT2D eigenvalue weighted by atomic mass is 19.3. The van der Waals surface area contributed by atoms with Gasteiger partial charge in [-0.15, -0.1) is 0 Å². The number of alkyl halides is 2. The Kier molecular flexibility index (Phi) is 4.88. The molecule has 0 heterocycles. The van der Waals surface area contributed by atoms with Crippen molar-refractivity contribution in [2.45, 2.75) is 44.3 Å². The minimum absolute atomic E-state index is 0.0384. The smallest absolute Gasteiger partial charge is 0.387 e. The number of carboxylic acids is 1. The van der Waals surface area contributed by atoms with E-state index in [2.05, 4.69) is 22.9 Å². The molecule has 0 saturated heterocycles. The van der Waals surface area contributed by atoms with E-state index in [-0.39, 0.29) is 5.75 Å². The van der Waals surface area contributed by atoms with E-state index < -0.39 is 18.2 Å². The molecular weight excluding hydrogens is 414 g/mol. The highest BCUT2D eigenvalue weighted by Crippen LogP contribution is 2.49. The van der Waals surface area contributed by atoms with Crippen molar-refractivity contribution in [2.75, 3.05) is 0 Å². The number of fused-ring (bicyclic) bond motifs is 3. The van der Waals surface area contributed by atoms with E-state index in [1.165, 1.54) is 36.8 Å². The van der Waals surface area contributed by atoms with E-state index in [1.54, 1.807) is 0 Å². The van der Waals surface area contributed by atoms with Crippen LogP contribution in [-0.2, 0) is 16.8 Å². The van der Waals surface area contributed by atoms with Gasteiger partial charge in [0, 0.05) is 17.5 Å². The van der Waals surface area contributed by atoms with Crippen molar-refractivity contribution in [1.29, 1.82) is 0 Å². The molecule has 164 valence electrons. The van der Waals surface area contributed by atoms with Crippen molar-refractivity contribution in [1.82, 2.24) is 0 Å². The third kappa shape index (κ3) is 3.60. The number of carboxylic acid groups (broad SMARTS) is 1. The summed E-state index contributed by atoms with van der Waals surface area (Å²) in [4.78, 5) is 12.4. The summed E-state index contributed by atoms with van der Waals surface area (Å²) in [6.45, 7) is -1.46. The number of aliphatic carboxylic acids is 1. The number of halogens is 2. The predicted octanol–water partition coefficient (Wildman–Crippen LogP) is 6.12. The van der Waals surface area contributed by atoms with Crippen LogP contribution in [-0.4, -0.2) is 17.7 Å².